The van der Waals surface area contributed by atoms with Gasteiger partial charge in [-0.05, 0) is 32.2 Å². The van der Waals surface area contributed by atoms with Crippen molar-refractivity contribution in [2.75, 3.05) is 6.54 Å². The molecule has 2 rings (SSSR count). The smallest absolute Gasteiger partial charge is 0.0987 e. The van der Waals surface area contributed by atoms with E-state index in [4.69, 9.17) is 0 Å². The van der Waals surface area contributed by atoms with Crippen molar-refractivity contribution in [3.05, 3.63) is 11.3 Å². The monoisotopic (exact) mass is 295 g/mol. The fraction of sp³-hybridized carbons (Fsp3) is 0.812. The van der Waals surface area contributed by atoms with Crippen LogP contribution < -0.4 is 5.32 Å². The molecule has 0 spiro atoms. The van der Waals surface area contributed by atoms with E-state index >= 15 is 0 Å². The first-order valence-corrected chi connectivity index (χ1v) is 8.85. The first-order chi connectivity index (χ1) is 9.58. The number of aryl methyl sites for hydroxylation is 2. The molecule has 0 atom stereocenters. The molecule has 1 saturated carbocycles. The summed E-state index contributed by atoms with van der Waals surface area (Å²) in [5.41, 5.74) is 2.59. The van der Waals surface area contributed by atoms with Crippen LogP contribution in [0, 0.1) is 12.8 Å². The van der Waals surface area contributed by atoms with Crippen LogP contribution in [0.25, 0.3) is 0 Å². The highest BCUT2D eigenvalue weighted by molar-refractivity contribution is 7.99. The highest BCUT2D eigenvalue weighted by atomic mass is 32.2. The van der Waals surface area contributed by atoms with Crippen LogP contribution in [0.2, 0.25) is 0 Å². The van der Waals surface area contributed by atoms with E-state index in [2.05, 4.69) is 54.7 Å². The third-order valence-electron chi connectivity index (χ3n) is 3.97. The summed E-state index contributed by atoms with van der Waals surface area (Å²) < 4.78 is 2.08. The van der Waals surface area contributed by atoms with Crippen LogP contribution in [0.3, 0.4) is 0 Å². The van der Waals surface area contributed by atoms with E-state index in [0.29, 0.717) is 5.92 Å². The largest absolute Gasteiger partial charge is 0.312 e. The van der Waals surface area contributed by atoms with Crippen LogP contribution in [-0.4, -0.2) is 21.6 Å². The van der Waals surface area contributed by atoms with Gasteiger partial charge in [-0.1, -0.05) is 33.1 Å². The standard InChI is InChI=1S/C16H29N3S/c1-12(2)10-17-11-15-13(3)18-19(4)16(15)20-14-8-6-5-7-9-14/h12,14,17H,5-11H2,1-4H3. The second-order valence-corrected chi connectivity index (χ2v) is 7.68. The number of nitrogens with zero attached hydrogens (tertiary/aromatic N) is 2. The molecule has 0 aromatic carbocycles. The summed E-state index contributed by atoms with van der Waals surface area (Å²) in [6, 6.07) is 0. The minimum Gasteiger partial charge on any atom is -0.312 e. The van der Waals surface area contributed by atoms with Crippen molar-refractivity contribution in [3.8, 4) is 0 Å². The predicted molar refractivity (Wildman–Crippen MR) is 87.2 cm³/mol. The lowest BCUT2D eigenvalue weighted by molar-refractivity contribution is 0.514. The number of hydrogen-bond acceptors (Lipinski definition) is 3. The molecule has 0 aliphatic heterocycles. The van der Waals surface area contributed by atoms with Crippen LogP contribution in [0.4, 0.5) is 0 Å². The van der Waals surface area contributed by atoms with E-state index in [1.165, 1.54) is 48.4 Å². The van der Waals surface area contributed by atoms with Crippen molar-refractivity contribution in [2.24, 2.45) is 13.0 Å². The zero-order valence-electron chi connectivity index (χ0n) is 13.4. The summed E-state index contributed by atoms with van der Waals surface area (Å²) in [7, 11) is 2.09. The van der Waals surface area contributed by atoms with Crippen molar-refractivity contribution < 1.29 is 0 Å². The zero-order chi connectivity index (χ0) is 14.5. The Bertz CT molecular complexity index is 420. The normalized spacial score (nSPS) is 17.1. The molecule has 1 aromatic rings. The molecule has 1 heterocycles. The van der Waals surface area contributed by atoms with E-state index < -0.39 is 0 Å². The molecule has 3 nitrogen and oxygen atoms in total. The average Bonchev–Trinajstić information content (AvgIpc) is 2.66. The van der Waals surface area contributed by atoms with Gasteiger partial charge < -0.3 is 5.32 Å². The Morgan fingerprint density at radius 2 is 2.00 bits per heavy atom. The van der Waals surface area contributed by atoms with Gasteiger partial charge in [0.15, 0.2) is 0 Å². The Hall–Kier alpha value is -0.480. The summed E-state index contributed by atoms with van der Waals surface area (Å²) in [6.07, 6.45) is 6.96. The van der Waals surface area contributed by atoms with Gasteiger partial charge in [0.1, 0.15) is 0 Å². The van der Waals surface area contributed by atoms with Crippen molar-refractivity contribution in [2.45, 2.75) is 69.7 Å². The van der Waals surface area contributed by atoms with E-state index in [9.17, 15) is 0 Å². The lowest BCUT2D eigenvalue weighted by Crippen LogP contribution is -2.20. The Balaban J connectivity index is 2.02. The molecular weight excluding hydrogens is 266 g/mol. The number of thioether (sulfide) groups is 1. The fourth-order valence-corrected chi connectivity index (χ4v) is 4.30. The van der Waals surface area contributed by atoms with Gasteiger partial charge in [-0.2, -0.15) is 5.10 Å². The molecule has 1 fully saturated rings. The van der Waals surface area contributed by atoms with E-state index in [-0.39, 0.29) is 0 Å². The minimum absolute atomic E-state index is 0.696. The predicted octanol–water partition coefficient (Wildman–Crippen LogP) is 3.90. The number of nitrogens with one attached hydrogen (secondary N) is 1. The summed E-state index contributed by atoms with van der Waals surface area (Å²) in [4.78, 5) is 0. The quantitative estimate of drug-likeness (QED) is 0.863. The molecule has 1 aromatic heterocycles. The third kappa shape index (κ3) is 4.26. The van der Waals surface area contributed by atoms with E-state index in [1.54, 1.807) is 0 Å². The van der Waals surface area contributed by atoms with Crippen LogP contribution in [-0.2, 0) is 13.6 Å². The van der Waals surface area contributed by atoms with Gasteiger partial charge in [0.05, 0.1) is 10.7 Å². The van der Waals surface area contributed by atoms with E-state index in [1.807, 2.05) is 0 Å². The number of hydrogen-bond donors (Lipinski definition) is 1. The van der Waals surface area contributed by atoms with Crippen molar-refractivity contribution >= 4 is 11.8 Å². The topological polar surface area (TPSA) is 29.9 Å². The fourth-order valence-electron chi connectivity index (χ4n) is 2.86. The number of rotatable bonds is 6. The first kappa shape index (κ1) is 15.9. The van der Waals surface area contributed by atoms with Gasteiger partial charge in [0, 0.05) is 24.4 Å². The molecule has 0 bridgehead atoms. The van der Waals surface area contributed by atoms with E-state index in [0.717, 1.165) is 18.3 Å². The molecule has 0 radical (unpaired) electrons. The van der Waals surface area contributed by atoms with Crippen LogP contribution in [0.5, 0.6) is 0 Å². The highest BCUT2D eigenvalue weighted by Crippen LogP contribution is 2.35. The molecule has 4 heteroatoms. The highest BCUT2D eigenvalue weighted by Gasteiger charge is 2.20. The second-order valence-electron chi connectivity index (χ2n) is 6.40. The molecule has 1 aliphatic rings. The van der Waals surface area contributed by atoms with Gasteiger partial charge in [-0.3, -0.25) is 4.68 Å². The summed E-state index contributed by atoms with van der Waals surface area (Å²) >= 11 is 2.06. The van der Waals surface area contributed by atoms with Gasteiger partial charge in [0.2, 0.25) is 0 Å². The van der Waals surface area contributed by atoms with Crippen molar-refractivity contribution in [1.29, 1.82) is 0 Å². The molecule has 114 valence electrons. The van der Waals surface area contributed by atoms with Gasteiger partial charge >= 0.3 is 0 Å². The summed E-state index contributed by atoms with van der Waals surface area (Å²) in [6.45, 7) is 8.66. The van der Waals surface area contributed by atoms with Crippen LogP contribution in [0.15, 0.2) is 5.03 Å². The lowest BCUT2D eigenvalue weighted by Gasteiger charge is -2.21. The number of aromatic nitrogens is 2. The second kappa shape index (κ2) is 7.51. The van der Waals surface area contributed by atoms with Crippen molar-refractivity contribution in [1.82, 2.24) is 15.1 Å². The molecule has 0 saturated heterocycles. The Morgan fingerprint density at radius 1 is 1.30 bits per heavy atom. The molecule has 0 amide bonds. The van der Waals surface area contributed by atoms with Gasteiger partial charge in [-0.15, -0.1) is 11.8 Å². The molecule has 1 N–H and O–H groups in total. The average molecular weight is 295 g/mol. The zero-order valence-corrected chi connectivity index (χ0v) is 14.2. The molecular formula is C16H29N3S. The molecule has 0 unspecified atom stereocenters. The maximum atomic E-state index is 4.63. The minimum atomic E-state index is 0.696. The first-order valence-electron chi connectivity index (χ1n) is 7.97. The van der Waals surface area contributed by atoms with Gasteiger partial charge in [0.25, 0.3) is 0 Å². The van der Waals surface area contributed by atoms with Crippen LogP contribution >= 0.6 is 11.8 Å². The Labute approximate surface area is 127 Å². The van der Waals surface area contributed by atoms with Crippen molar-refractivity contribution in [3.63, 3.8) is 0 Å². The summed E-state index contributed by atoms with van der Waals surface area (Å²) in [5.74, 6) is 0.696. The third-order valence-corrected chi connectivity index (χ3v) is 5.51. The van der Waals surface area contributed by atoms with Gasteiger partial charge in [-0.25, -0.2) is 0 Å². The SMILES string of the molecule is Cc1nn(C)c(SC2CCCCC2)c1CNCC(C)C. The maximum Gasteiger partial charge on any atom is 0.0987 e. The maximum absolute atomic E-state index is 4.63. The summed E-state index contributed by atoms with van der Waals surface area (Å²) in [5, 5.41) is 10.4. The molecule has 20 heavy (non-hydrogen) atoms. The molecule has 1 aliphatic carbocycles. The Morgan fingerprint density at radius 3 is 2.65 bits per heavy atom. The Kier molecular flexibility index (Phi) is 5.97. The van der Waals surface area contributed by atoms with Crippen LogP contribution in [0.1, 0.15) is 57.2 Å². The lowest BCUT2D eigenvalue weighted by atomic mass is 10.0.